The lowest BCUT2D eigenvalue weighted by Gasteiger charge is -2.15. The number of anilines is 1. The van der Waals surface area contributed by atoms with Crippen LogP contribution in [0.3, 0.4) is 0 Å². The predicted octanol–water partition coefficient (Wildman–Crippen LogP) is 20.7. The number of H-pyrrole nitrogens is 2. The Morgan fingerprint density at radius 3 is 0.821 bits per heavy atom. The molecule has 7 aromatic carbocycles. The molecule has 0 saturated heterocycles. The van der Waals surface area contributed by atoms with Crippen LogP contribution in [-0.2, 0) is 33.4 Å². The zero-order valence-corrected chi connectivity index (χ0v) is 72.7. The lowest BCUT2D eigenvalue weighted by Crippen LogP contribution is -2.38. The molecule has 11 rings (SSSR count). The van der Waals surface area contributed by atoms with Crippen molar-refractivity contribution in [3.63, 3.8) is 0 Å². The Morgan fingerprint density at radius 2 is 0.518 bits per heavy atom. The molecule has 0 spiro atoms. The van der Waals surface area contributed by atoms with Crippen molar-refractivity contribution in [3.05, 3.63) is 348 Å². The number of nitrogens with zero attached hydrogens (tertiary/aromatic N) is 6. The van der Waals surface area contributed by atoms with Gasteiger partial charge in [0.25, 0.3) is 22.2 Å². The number of benzene rings is 7. The van der Waals surface area contributed by atoms with E-state index in [4.69, 9.17) is 5.73 Å². The average molecular weight is 1540 g/mol. The van der Waals surface area contributed by atoms with Gasteiger partial charge in [-0.25, -0.2) is 37.4 Å². The maximum absolute atomic E-state index is 12.6. The molecule has 0 atom stereocenters. The van der Waals surface area contributed by atoms with Crippen LogP contribution in [0.4, 0.5) is 5.69 Å². The molecule has 4 N–H and O–H groups in total. The van der Waals surface area contributed by atoms with Gasteiger partial charge in [0.05, 0.1) is 22.7 Å². The number of aryl methyl sites for hydroxylation is 12. The fourth-order valence-corrected chi connectivity index (χ4v) is 11.0. The van der Waals surface area contributed by atoms with Crippen molar-refractivity contribution in [1.29, 1.82) is 0 Å². The number of nitrogens with two attached hydrogens (primary N) is 1. The van der Waals surface area contributed by atoms with Gasteiger partial charge in [-0.1, -0.05) is 249 Å². The van der Waals surface area contributed by atoms with Crippen molar-refractivity contribution in [2.24, 2.45) is 14.1 Å². The lowest BCUT2D eigenvalue weighted by molar-refractivity contribution is 0.711. The Balaban J connectivity index is -0.000000647. The second-order valence-corrected chi connectivity index (χ2v) is 23.6. The highest BCUT2D eigenvalue weighted by atomic mass is 16.2. The highest BCUT2D eigenvalue weighted by Gasteiger charge is 2.17. The third-order valence-electron chi connectivity index (χ3n) is 16.5. The van der Waals surface area contributed by atoms with E-state index in [1.807, 2.05) is 275 Å². The first-order valence-corrected chi connectivity index (χ1v) is 39.2. The molecular weight excluding hydrogens is 1400 g/mol. The summed E-state index contributed by atoms with van der Waals surface area (Å²) < 4.78 is 7.82. The molecule has 0 fully saturated rings. The summed E-state index contributed by atoms with van der Waals surface area (Å²) in [5.41, 5.74) is 23.7. The van der Waals surface area contributed by atoms with E-state index >= 15 is 0 Å². The maximum Gasteiger partial charge on any atom is 0.335 e. The van der Waals surface area contributed by atoms with E-state index < -0.39 is 11.4 Å². The largest absolute Gasteiger partial charge is 0.398 e. The molecule has 4 aromatic heterocycles. The standard InChI is InChI=1S/C21H22N2O2.C20H20N2O2.C19H19N3O2.C15H18N2O2.9C2H6.2CH4/c1-14-10-15(2)19(13-18(14)12-17-8-6-5-7-9-17)23-20(24)11-16(3)22(4)21(23)25;1-13-9-14(2)18(22-19(23)10-15(3)21-20(22)24)12-17(13)11-16-7-5-4-6-8-16;1-12-8-16(20)15(10-14-6-4-3-5-7-14)11-17(12)22-18(23)9-13(2)21-19(22)24;1-9-6-11(3)13(7-10(9)2)17-14(18)8-12(4)16(5)15(17)19;9*1-2;;/h5-11,13H,12H2,1-4H3;4-10,12H,11H2,1-3H3,(H,21,24);3-9,11H,10,20H2,1-2H3,(H,21,24);6-8H,1-5H3;9*1-2H3;2*1H4. The summed E-state index contributed by atoms with van der Waals surface area (Å²) in [6, 6.07) is 51.6. The van der Waals surface area contributed by atoms with Crippen LogP contribution < -0.4 is 50.7 Å². The molecule has 17 nitrogen and oxygen atoms in total. The molecule has 0 unspecified atom stereocenters. The summed E-state index contributed by atoms with van der Waals surface area (Å²) in [5.74, 6) is 0. The van der Waals surface area contributed by atoms with E-state index in [0.717, 1.165) is 84.2 Å². The van der Waals surface area contributed by atoms with Gasteiger partial charge in [0.2, 0.25) is 0 Å². The molecule has 614 valence electrons. The zero-order chi connectivity index (χ0) is 85.0. The molecule has 0 saturated carbocycles. The third-order valence-corrected chi connectivity index (χ3v) is 16.5. The van der Waals surface area contributed by atoms with Crippen molar-refractivity contribution >= 4 is 5.69 Å². The van der Waals surface area contributed by atoms with Crippen molar-refractivity contribution in [2.75, 3.05) is 5.73 Å². The maximum atomic E-state index is 12.6. The number of hydrogen-bond donors (Lipinski definition) is 3. The van der Waals surface area contributed by atoms with Crippen LogP contribution in [-0.4, -0.2) is 37.4 Å². The molecule has 0 radical (unpaired) electrons. The van der Waals surface area contributed by atoms with Gasteiger partial charge in [0.1, 0.15) is 0 Å². The molecular formula is C95H141N9O8. The Morgan fingerprint density at radius 1 is 0.277 bits per heavy atom. The van der Waals surface area contributed by atoms with E-state index in [2.05, 4.69) is 48.1 Å². The molecule has 4 heterocycles. The third kappa shape index (κ3) is 30.4. The van der Waals surface area contributed by atoms with E-state index in [1.165, 1.54) is 58.2 Å². The second-order valence-electron chi connectivity index (χ2n) is 23.6. The van der Waals surface area contributed by atoms with Gasteiger partial charge >= 0.3 is 22.8 Å². The lowest BCUT2D eigenvalue weighted by atomic mass is 9.97. The SMILES string of the molecule is C.C.CC.CC.CC.CC.CC.CC.CC.CC.CC.Cc1cc(=O)n(-c2cc(Cc3ccccc3)c(C)cc2C)c(=O)[nH]1.Cc1cc(=O)n(-c2cc(Cc3ccccc3)c(N)cc2C)c(=O)[nH]1.Cc1cc(C)c(-n2c(=O)cc(C)n(C)c2=O)cc1C.Cc1cc(C)c(-n2c(=O)cc(C)n(C)c2=O)cc1Cc1ccccc1. The first-order valence-electron chi connectivity index (χ1n) is 39.2. The fourth-order valence-electron chi connectivity index (χ4n) is 11.0. The number of nitrogens with one attached hydrogen (secondary N) is 2. The molecule has 11 aromatic rings. The van der Waals surface area contributed by atoms with Crippen molar-refractivity contribution in [1.82, 2.24) is 37.4 Å². The van der Waals surface area contributed by atoms with E-state index in [-0.39, 0.29) is 48.5 Å². The van der Waals surface area contributed by atoms with Gasteiger partial charge in [0, 0.05) is 66.8 Å². The van der Waals surface area contributed by atoms with Crippen molar-refractivity contribution < 1.29 is 0 Å². The fraction of sp³-hybridized carbons (Fsp3) is 0.389. The summed E-state index contributed by atoms with van der Waals surface area (Å²) in [6.45, 7) is 58.6. The highest BCUT2D eigenvalue weighted by Crippen LogP contribution is 2.25. The number of nitrogen functional groups attached to an aromatic ring is 1. The topological polar surface area (TPSA) is 224 Å². The molecule has 0 aliphatic heterocycles. The minimum Gasteiger partial charge on any atom is -0.398 e. The van der Waals surface area contributed by atoms with Crippen LogP contribution in [0, 0.1) is 83.1 Å². The van der Waals surface area contributed by atoms with Crippen LogP contribution >= 0.6 is 0 Å². The van der Waals surface area contributed by atoms with Gasteiger partial charge in [-0.3, -0.25) is 19.2 Å². The van der Waals surface area contributed by atoms with E-state index in [9.17, 15) is 38.4 Å². The Kier molecular flexibility index (Phi) is 54.0. The molecule has 0 aliphatic carbocycles. The molecule has 0 bridgehead atoms. The van der Waals surface area contributed by atoms with Crippen LogP contribution in [0.2, 0.25) is 0 Å². The summed E-state index contributed by atoms with van der Waals surface area (Å²) in [6.07, 6.45) is 2.16. The second kappa shape index (κ2) is 56.3. The summed E-state index contributed by atoms with van der Waals surface area (Å²) in [5, 5.41) is 0. The Bertz CT molecular complexity index is 4860. The van der Waals surface area contributed by atoms with E-state index in [0.29, 0.717) is 57.6 Å². The van der Waals surface area contributed by atoms with Gasteiger partial charge in [-0.15, -0.1) is 0 Å². The Labute approximate surface area is 671 Å². The molecule has 17 heteroatoms. The molecule has 0 aliphatic rings. The van der Waals surface area contributed by atoms with Crippen molar-refractivity contribution in [3.8, 4) is 22.7 Å². The van der Waals surface area contributed by atoms with Crippen LogP contribution in [0.5, 0.6) is 0 Å². The first kappa shape index (κ1) is 107. The minimum atomic E-state index is -0.446. The smallest absolute Gasteiger partial charge is 0.335 e. The van der Waals surface area contributed by atoms with Crippen LogP contribution in [0.1, 0.15) is 240 Å². The number of aromatic amines is 2. The normalized spacial score (nSPS) is 9.36. The minimum absolute atomic E-state index is 0. The number of rotatable bonds is 10. The highest BCUT2D eigenvalue weighted by molar-refractivity contribution is 5.59. The average Bonchev–Trinajstić information content (AvgIpc) is 0.796. The van der Waals surface area contributed by atoms with Gasteiger partial charge in [-0.05, 0) is 211 Å². The van der Waals surface area contributed by atoms with Crippen LogP contribution in [0.15, 0.2) is 202 Å². The zero-order valence-electron chi connectivity index (χ0n) is 72.7. The monoisotopic (exact) mass is 1540 g/mol. The van der Waals surface area contributed by atoms with Crippen LogP contribution in [0.25, 0.3) is 22.7 Å². The van der Waals surface area contributed by atoms with Gasteiger partial charge in [-0.2, -0.15) is 0 Å². The number of aromatic nitrogens is 8. The summed E-state index contributed by atoms with van der Waals surface area (Å²) >= 11 is 0. The number of hydrogen-bond acceptors (Lipinski definition) is 9. The molecule has 0 amide bonds. The predicted molar refractivity (Wildman–Crippen MR) is 484 cm³/mol. The van der Waals surface area contributed by atoms with E-state index in [1.54, 1.807) is 47.9 Å². The Hall–Kier alpha value is -10.9. The summed E-state index contributed by atoms with van der Waals surface area (Å²) in [7, 11) is 3.35. The summed E-state index contributed by atoms with van der Waals surface area (Å²) in [4.78, 5) is 104. The molecule has 112 heavy (non-hydrogen) atoms. The van der Waals surface area contributed by atoms with Gasteiger partial charge in [0.15, 0.2) is 0 Å². The quantitative estimate of drug-likeness (QED) is 0.111. The van der Waals surface area contributed by atoms with Gasteiger partial charge < -0.3 is 24.8 Å². The van der Waals surface area contributed by atoms with Crippen molar-refractivity contribution in [2.45, 2.75) is 242 Å². The first-order chi connectivity index (χ1) is 52.6.